The summed E-state index contributed by atoms with van der Waals surface area (Å²) in [6.45, 7) is 11.9. The number of carboxylic acids is 2. The van der Waals surface area contributed by atoms with E-state index in [0.29, 0.717) is 9.80 Å². The molecule has 4 heterocycles. The maximum Gasteiger partial charge on any atom is 2.00 e. The summed E-state index contributed by atoms with van der Waals surface area (Å²) in [5.41, 5.74) is -1.33. The molecule has 2 aromatic carbocycles. The molecule has 0 radical (unpaired) electrons. The monoisotopic (exact) mass is 910 g/mol. The summed E-state index contributed by atoms with van der Waals surface area (Å²) in [6.07, 6.45) is 4.39. The quantitative estimate of drug-likeness (QED) is 0.0836. The number of rotatable bonds is 12. The first-order valence-electron chi connectivity index (χ1n) is 17.7. The normalized spacial score (nSPS) is 15.7. The van der Waals surface area contributed by atoms with E-state index in [4.69, 9.17) is 9.47 Å². The Kier molecular flexibility index (Phi) is 14.1. The van der Waals surface area contributed by atoms with Crippen LogP contribution in [0.4, 0.5) is 11.4 Å². The molecule has 0 saturated heterocycles. The minimum absolute atomic E-state index is 0. The van der Waals surface area contributed by atoms with Crippen molar-refractivity contribution < 1.29 is 96.7 Å². The maximum absolute atomic E-state index is 12.3. The van der Waals surface area contributed by atoms with E-state index in [1.54, 1.807) is 0 Å². The third kappa shape index (κ3) is 9.79. The molecule has 4 aliphatic heterocycles. The number of imide groups is 4. The van der Waals surface area contributed by atoms with Gasteiger partial charge in [0.1, 0.15) is 11.5 Å². The van der Waals surface area contributed by atoms with Crippen LogP contribution in [0.3, 0.4) is 0 Å². The van der Waals surface area contributed by atoms with Crippen LogP contribution in [0.2, 0.25) is 0 Å². The molecule has 63 heavy (non-hydrogen) atoms. The number of benzene rings is 2. The predicted octanol–water partition coefficient (Wildman–Crippen LogP) is -0.710. The summed E-state index contributed by atoms with van der Waals surface area (Å²) in [6, 6.07) is 6.45. The van der Waals surface area contributed by atoms with E-state index in [2.05, 4.69) is 13.2 Å². The van der Waals surface area contributed by atoms with Crippen LogP contribution >= 0.6 is 0 Å². The van der Waals surface area contributed by atoms with Crippen LogP contribution in [0.15, 0.2) is 107 Å². The molecule has 0 spiro atoms. The summed E-state index contributed by atoms with van der Waals surface area (Å²) in [5, 5.41) is 23.1. The van der Waals surface area contributed by atoms with Gasteiger partial charge in [0.25, 0.3) is 47.3 Å². The number of aromatic carboxylic acids is 2. The van der Waals surface area contributed by atoms with Gasteiger partial charge in [-0.3, -0.25) is 48.2 Å². The second kappa shape index (κ2) is 18.7. The Bertz CT molecular complexity index is 2500. The van der Waals surface area contributed by atoms with Crippen LogP contribution in [-0.4, -0.2) is 94.0 Å². The van der Waals surface area contributed by atoms with Crippen LogP contribution in [0.5, 0.6) is 11.5 Å². The second-order valence-electron chi connectivity index (χ2n) is 13.6. The SMILES string of the molecule is C=C(CN1C(=O)C=C(C)C1=O)C(=O)Oc1ccc(N2C(=O)C=C(C)C2=O)c(C(=O)[O-])c1.C=C(CN1C(=O)C=C(C)C1=O)C(=O)Oc1ccc(N2C(=O)C=C(C)C2=O)c(C(=O)[O-])c1.[Zn+2]. The summed E-state index contributed by atoms with van der Waals surface area (Å²) in [7, 11) is 0. The zero-order valence-corrected chi connectivity index (χ0v) is 36.6. The molecule has 0 fully saturated rings. The molecule has 0 bridgehead atoms. The van der Waals surface area contributed by atoms with Crippen molar-refractivity contribution in [1.82, 2.24) is 9.80 Å². The predicted molar refractivity (Wildman–Crippen MR) is 205 cm³/mol. The number of carbonyl (C=O) groups excluding carboxylic acids is 12. The number of nitrogens with zero attached hydrogens (tertiary/aromatic N) is 4. The molecule has 4 aliphatic rings. The molecule has 21 heteroatoms. The van der Waals surface area contributed by atoms with Crippen LogP contribution in [0.1, 0.15) is 48.4 Å². The molecule has 20 nitrogen and oxygen atoms in total. The van der Waals surface area contributed by atoms with Crippen LogP contribution < -0.4 is 29.5 Å². The smallest absolute Gasteiger partial charge is 0.545 e. The van der Waals surface area contributed by atoms with Crippen LogP contribution in [0, 0.1) is 0 Å². The standard InChI is InChI=1S/2C21H16N2O8.Zn/c2*1-10-6-16(24)22(18(10)26)9-12(3)21(30)31-13-4-5-15(14(8-13)20(28)29)23-17(25)7-11(2)19(23)27;/h2*4-8H,3,9H2,1-2H3,(H,28,29);/q;;+2/p-2. The molecule has 0 aliphatic carbocycles. The maximum atomic E-state index is 12.3. The van der Waals surface area contributed by atoms with E-state index in [9.17, 15) is 67.7 Å². The number of amides is 8. The van der Waals surface area contributed by atoms with E-state index in [-0.39, 0.29) is 75.8 Å². The molecule has 0 atom stereocenters. The Labute approximate surface area is 368 Å². The van der Waals surface area contributed by atoms with Gasteiger partial charge in [0.2, 0.25) is 0 Å². The van der Waals surface area contributed by atoms with Crippen molar-refractivity contribution >= 4 is 82.5 Å². The third-order valence-corrected chi connectivity index (χ3v) is 9.13. The van der Waals surface area contributed by atoms with E-state index < -0.39 is 95.4 Å². The number of carboxylic acid groups (broad SMARTS) is 2. The summed E-state index contributed by atoms with van der Waals surface area (Å²) in [5.74, 6) is -11.0. The molecule has 0 N–H and O–H groups in total. The van der Waals surface area contributed by atoms with Crippen molar-refractivity contribution in [1.29, 1.82) is 0 Å². The first-order chi connectivity index (χ1) is 29.0. The molecule has 0 unspecified atom stereocenters. The van der Waals surface area contributed by atoms with Crippen LogP contribution in [-0.2, 0) is 67.4 Å². The van der Waals surface area contributed by atoms with Crippen molar-refractivity contribution in [2.75, 3.05) is 22.9 Å². The number of esters is 2. The first kappa shape index (κ1) is 47.6. The van der Waals surface area contributed by atoms with Gasteiger partial charge >= 0.3 is 31.4 Å². The Hall–Kier alpha value is -8.06. The van der Waals surface area contributed by atoms with Gasteiger partial charge in [0, 0.05) is 57.7 Å². The largest absolute Gasteiger partial charge is 2.00 e. The van der Waals surface area contributed by atoms with Gasteiger partial charge in [0.15, 0.2) is 0 Å². The number of anilines is 2. The van der Waals surface area contributed by atoms with Crippen LogP contribution in [0.25, 0.3) is 0 Å². The fourth-order valence-corrected chi connectivity index (χ4v) is 5.95. The van der Waals surface area contributed by atoms with Crippen molar-refractivity contribution in [3.05, 3.63) is 118 Å². The Morgan fingerprint density at radius 3 is 1.06 bits per heavy atom. The fraction of sp³-hybridized carbons (Fsp3) is 0.143. The Morgan fingerprint density at radius 2 is 0.810 bits per heavy atom. The molecular weight excluding hydrogens is 882 g/mol. The topological polar surface area (TPSA) is 282 Å². The van der Waals surface area contributed by atoms with Crippen molar-refractivity contribution in [2.24, 2.45) is 0 Å². The fourth-order valence-electron chi connectivity index (χ4n) is 5.95. The van der Waals surface area contributed by atoms with Gasteiger partial charge in [-0.1, -0.05) is 13.2 Å². The molecule has 316 valence electrons. The molecule has 0 saturated carbocycles. The van der Waals surface area contributed by atoms with Gasteiger partial charge in [-0.25, -0.2) is 19.4 Å². The van der Waals surface area contributed by atoms with Gasteiger partial charge in [-0.2, -0.15) is 0 Å². The summed E-state index contributed by atoms with van der Waals surface area (Å²) >= 11 is 0. The second-order valence-corrected chi connectivity index (χ2v) is 13.6. The molecule has 6 rings (SSSR count). The number of hydrogen-bond donors (Lipinski definition) is 0. The Morgan fingerprint density at radius 1 is 0.508 bits per heavy atom. The van der Waals surface area contributed by atoms with Gasteiger partial charge in [-0.05, 0) is 64.1 Å². The van der Waals surface area contributed by atoms with E-state index >= 15 is 0 Å². The zero-order chi connectivity index (χ0) is 46.1. The minimum atomic E-state index is -1.70. The number of hydrogen-bond acceptors (Lipinski definition) is 16. The van der Waals surface area contributed by atoms with Gasteiger partial charge < -0.3 is 29.3 Å². The van der Waals surface area contributed by atoms with Crippen molar-refractivity contribution in [2.45, 2.75) is 27.7 Å². The summed E-state index contributed by atoms with van der Waals surface area (Å²) in [4.78, 5) is 146. The van der Waals surface area contributed by atoms with Crippen molar-refractivity contribution in [3.63, 3.8) is 0 Å². The van der Waals surface area contributed by atoms with E-state index in [1.165, 1.54) is 39.8 Å². The molecule has 2 aromatic rings. The zero-order valence-electron chi connectivity index (χ0n) is 33.6. The third-order valence-electron chi connectivity index (χ3n) is 9.13. The van der Waals surface area contributed by atoms with Crippen molar-refractivity contribution in [3.8, 4) is 11.5 Å². The summed E-state index contributed by atoms with van der Waals surface area (Å²) < 4.78 is 10.1. The average Bonchev–Trinajstić information content (AvgIpc) is 3.80. The molecule has 0 aromatic heterocycles. The average molecular weight is 912 g/mol. The van der Waals surface area contributed by atoms with Gasteiger partial charge in [0.05, 0.1) is 47.5 Å². The first-order valence-corrected chi connectivity index (χ1v) is 17.7. The van der Waals surface area contributed by atoms with E-state index in [0.717, 1.165) is 58.4 Å². The molecular formula is C42H30N4O16Zn. The van der Waals surface area contributed by atoms with E-state index in [1.807, 2.05) is 0 Å². The molecule has 8 amide bonds. The van der Waals surface area contributed by atoms with Gasteiger partial charge in [-0.15, -0.1) is 0 Å². The number of ether oxygens (including phenoxy) is 2. The minimum Gasteiger partial charge on any atom is -0.545 e. The Balaban J connectivity index is 0.000000272. The number of carbonyl (C=O) groups is 12.